The fourth-order valence-electron chi connectivity index (χ4n) is 3.86. The van der Waals surface area contributed by atoms with Crippen LogP contribution in [0.4, 0.5) is 0 Å². The first-order valence-corrected chi connectivity index (χ1v) is 8.79. The number of hydrogen-bond donors (Lipinski definition) is 0. The number of fused-ring (bicyclic) bond motifs is 5. The Labute approximate surface area is 145 Å². The Hall–Kier alpha value is -1.57. The van der Waals surface area contributed by atoms with Crippen molar-refractivity contribution in [2.45, 2.75) is 30.0 Å². The quantitative estimate of drug-likeness (QED) is 0.425. The fourth-order valence-corrected chi connectivity index (χ4v) is 4.16. The van der Waals surface area contributed by atoms with E-state index in [1.165, 1.54) is 27.1 Å². The van der Waals surface area contributed by atoms with Crippen LogP contribution in [0.2, 0.25) is 0 Å². The zero-order chi connectivity index (χ0) is 16.0. The first-order chi connectivity index (χ1) is 11.2. The average molecular weight is 343 g/mol. The summed E-state index contributed by atoms with van der Waals surface area (Å²) in [5, 5.41) is 5.00. The molecule has 0 bridgehead atoms. The van der Waals surface area contributed by atoms with Gasteiger partial charge >= 0.3 is 0 Å². The van der Waals surface area contributed by atoms with Gasteiger partial charge in [-0.25, -0.2) is 0 Å². The highest BCUT2D eigenvalue weighted by Crippen LogP contribution is 2.39. The summed E-state index contributed by atoms with van der Waals surface area (Å²) < 4.78 is 0. The van der Waals surface area contributed by atoms with Gasteiger partial charge in [0.05, 0.1) is 0 Å². The van der Waals surface area contributed by atoms with E-state index in [0.29, 0.717) is 0 Å². The maximum atomic E-state index is 12.3. The predicted octanol–water partition coefficient (Wildman–Crippen LogP) is 5.79. The zero-order valence-electron chi connectivity index (χ0n) is 12.6. The molecule has 0 amide bonds. The molecule has 1 aliphatic carbocycles. The largest absolute Gasteiger partial charge is 0.296 e. The molecule has 1 atom stereocenters. The molecule has 3 heteroatoms. The number of halogens is 2. The molecule has 0 saturated heterocycles. The van der Waals surface area contributed by atoms with E-state index in [4.69, 9.17) is 23.2 Å². The van der Waals surface area contributed by atoms with Crippen LogP contribution in [0.1, 0.15) is 29.9 Å². The number of Topliss-reactive ketones (excluding diaryl/α,β-unsaturated/α-hetero) is 1. The van der Waals surface area contributed by atoms with E-state index >= 15 is 0 Å². The van der Waals surface area contributed by atoms with E-state index in [1.54, 1.807) is 0 Å². The molecule has 0 radical (unpaired) electrons. The van der Waals surface area contributed by atoms with Gasteiger partial charge in [0.2, 0.25) is 0 Å². The molecule has 0 fully saturated rings. The van der Waals surface area contributed by atoms with Crippen LogP contribution in [0.3, 0.4) is 0 Å². The molecule has 0 spiro atoms. The summed E-state index contributed by atoms with van der Waals surface area (Å²) in [6.07, 6.45) is 2.83. The van der Waals surface area contributed by atoms with E-state index in [1.807, 2.05) is 0 Å². The van der Waals surface area contributed by atoms with E-state index < -0.39 is 4.84 Å². The monoisotopic (exact) mass is 342 g/mol. The summed E-state index contributed by atoms with van der Waals surface area (Å²) in [5.74, 6) is -0.246. The third-order valence-corrected chi connectivity index (χ3v) is 5.36. The number of aryl methyl sites for hydroxylation is 1. The maximum Gasteiger partial charge on any atom is 0.173 e. The molecule has 1 nitrogen and oxygen atoms in total. The lowest BCUT2D eigenvalue weighted by molar-refractivity contribution is -0.119. The Kier molecular flexibility index (Phi) is 3.79. The van der Waals surface area contributed by atoms with Crippen LogP contribution in [-0.2, 0) is 11.2 Å². The smallest absolute Gasteiger partial charge is 0.173 e. The minimum absolute atomic E-state index is 0.0746. The minimum atomic E-state index is -0.946. The Bertz CT molecular complexity index is 914. The van der Waals surface area contributed by atoms with Gasteiger partial charge < -0.3 is 0 Å². The highest BCUT2D eigenvalue weighted by molar-refractivity contribution is 6.54. The molecule has 1 unspecified atom stereocenters. The van der Waals surface area contributed by atoms with Crippen molar-refractivity contribution in [1.82, 2.24) is 0 Å². The van der Waals surface area contributed by atoms with Crippen molar-refractivity contribution in [3.05, 3.63) is 59.7 Å². The molecule has 23 heavy (non-hydrogen) atoms. The van der Waals surface area contributed by atoms with Crippen molar-refractivity contribution in [2.75, 3.05) is 0 Å². The van der Waals surface area contributed by atoms with Crippen LogP contribution >= 0.6 is 23.2 Å². The van der Waals surface area contributed by atoms with Crippen molar-refractivity contribution in [3.63, 3.8) is 0 Å². The van der Waals surface area contributed by atoms with Crippen LogP contribution in [0.5, 0.6) is 0 Å². The third kappa shape index (κ3) is 2.43. The van der Waals surface area contributed by atoms with Crippen LogP contribution in [0.15, 0.2) is 48.5 Å². The van der Waals surface area contributed by atoms with E-state index in [-0.39, 0.29) is 11.7 Å². The lowest BCUT2D eigenvalue weighted by Crippen LogP contribution is -2.23. The van der Waals surface area contributed by atoms with E-state index in [9.17, 15) is 4.79 Å². The highest BCUT2D eigenvalue weighted by atomic mass is 35.5. The van der Waals surface area contributed by atoms with Gasteiger partial charge in [0.1, 0.15) is 0 Å². The summed E-state index contributed by atoms with van der Waals surface area (Å²) in [5.41, 5.74) is 2.39. The molecule has 4 rings (SSSR count). The summed E-state index contributed by atoms with van der Waals surface area (Å²) in [6.45, 7) is 0. The van der Waals surface area contributed by atoms with Crippen molar-refractivity contribution in [2.24, 2.45) is 0 Å². The van der Waals surface area contributed by atoms with Crippen molar-refractivity contribution >= 4 is 50.5 Å². The Morgan fingerprint density at radius 1 is 0.957 bits per heavy atom. The molecule has 3 aromatic rings. The Balaban J connectivity index is 1.96. The average Bonchev–Trinajstić information content (AvgIpc) is 2.59. The minimum Gasteiger partial charge on any atom is -0.296 e. The Morgan fingerprint density at radius 3 is 2.57 bits per heavy atom. The second kappa shape index (κ2) is 5.81. The number of carbonyl (C=O) groups excluding carboxylic acids is 1. The van der Waals surface area contributed by atoms with Crippen LogP contribution in [0.25, 0.3) is 21.5 Å². The number of ketones is 1. The molecular weight excluding hydrogens is 327 g/mol. The summed E-state index contributed by atoms with van der Waals surface area (Å²) >= 11 is 11.7. The second-order valence-corrected chi connectivity index (χ2v) is 7.26. The van der Waals surface area contributed by atoms with Gasteiger partial charge in [-0.2, -0.15) is 0 Å². The van der Waals surface area contributed by atoms with Gasteiger partial charge in [0.15, 0.2) is 10.6 Å². The molecule has 3 aromatic carbocycles. The standard InChI is InChI=1S/C20H16Cl2O/c21-20(22)19(23)18-7-3-6-14-16-9-8-12-4-1-2-5-13(12)15(16)10-11-17(14)18/h1-2,4-5,8-11,18,20H,3,6-7H2. The van der Waals surface area contributed by atoms with Gasteiger partial charge in [-0.3, -0.25) is 4.79 Å². The molecule has 0 heterocycles. The first kappa shape index (κ1) is 15.0. The third-order valence-electron chi connectivity index (χ3n) is 4.93. The Morgan fingerprint density at radius 2 is 1.74 bits per heavy atom. The molecule has 0 saturated carbocycles. The normalized spacial score (nSPS) is 17.6. The predicted molar refractivity (Wildman–Crippen MR) is 97.6 cm³/mol. The molecule has 0 aliphatic heterocycles. The van der Waals surface area contributed by atoms with Gasteiger partial charge in [-0.05, 0) is 51.9 Å². The summed E-state index contributed by atoms with van der Waals surface area (Å²) in [6, 6.07) is 17.0. The van der Waals surface area contributed by atoms with Crippen LogP contribution < -0.4 is 0 Å². The van der Waals surface area contributed by atoms with Gasteiger partial charge in [-0.15, -0.1) is 0 Å². The van der Waals surface area contributed by atoms with Crippen LogP contribution in [0, 0.1) is 0 Å². The van der Waals surface area contributed by atoms with Gasteiger partial charge in [0.25, 0.3) is 0 Å². The zero-order valence-corrected chi connectivity index (χ0v) is 14.1. The SMILES string of the molecule is O=C(C(Cl)Cl)C1CCCc2c1ccc1c2ccc2ccccc21. The lowest BCUT2D eigenvalue weighted by atomic mass is 9.78. The van der Waals surface area contributed by atoms with Crippen LogP contribution in [-0.4, -0.2) is 10.6 Å². The second-order valence-electron chi connectivity index (χ2n) is 6.16. The van der Waals surface area contributed by atoms with Gasteiger partial charge in [0, 0.05) is 5.92 Å². The van der Waals surface area contributed by atoms with Crippen molar-refractivity contribution < 1.29 is 4.79 Å². The van der Waals surface area contributed by atoms with E-state index in [0.717, 1.165) is 24.8 Å². The maximum absolute atomic E-state index is 12.3. The van der Waals surface area contributed by atoms with E-state index in [2.05, 4.69) is 48.5 Å². The molecule has 1 aliphatic rings. The number of hydrogen-bond acceptors (Lipinski definition) is 1. The number of rotatable bonds is 2. The number of carbonyl (C=O) groups is 1. The van der Waals surface area contributed by atoms with Crippen molar-refractivity contribution in [3.8, 4) is 0 Å². The lowest BCUT2D eigenvalue weighted by Gasteiger charge is -2.26. The first-order valence-electron chi connectivity index (χ1n) is 7.92. The number of benzene rings is 3. The summed E-state index contributed by atoms with van der Waals surface area (Å²) in [4.78, 5) is 11.4. The number of alkyl halides is 2. The fraction of sp³-hybridized carbons (Fsp3) is 0.250. The van der Waals surface area contributed by atoms with Crippen molar-refractivity contribution in [1.29, 1.82) is 0 Å². The molecule has 0 N–H and O–H groups in total. The van der Waals surface area contributed by atoms with Gasteiger partial charge in [-0.1, -0.05) is 71.7 Å². The molecule has 0 aromatic heterocycles. The highest BCUT2D eigenvalue weighted by Gasteiger charge is 2.30. The topological polar surface area (TPSA) is 17.1 Å². The molecule has 116 valence electrons. The summed E-state index contributed by atoms with van der Waals surface area (Å²) in [7, 11) is 0. The molecular formula is C20H16Cl2O.